The number of benzene rings is 1. The lowest BCUT2D eigenvalue weighted by Gasteiger charge is -2.16. The van der Waals surface area contributed by atoms with E-state index in [9.17, 15) is 22.8 Å². The minimum atomic E-state index is -4.50. The van der Waals surface area contributed by atoms with Crippen molar-refractivity contribution in [3.63, 3.8) is 0 Å². The van der Waals surface area contributed by atoms with Crippen LogP contribution in [0, 0.1) is 0 Å². The van der Waals surface area contributed by atoms with Crippen LogP contribution in [0.2, 0.25) is 5.02 Å². The van der Waals surface area contributed by atoms with Crippen LogP contribution in [-0.2, 0) is 11.0 Å². The third-order valence-electron chi connectivity index (χ3n) is 2.53. The molecule has 1 rings (SSSR count). The zero-order valence-corrected chi connectivity index (χ0v) is 11.9. The molecule has 1 aromatic rings. The van der Waals surface area contributed by atoms with Crippen molar-refractivity contribution in [3.05, 3.63) is 28.8 Å². The van der Waals surface area contributed by atoms with E-state index in [1.165, 1.54) is 14.0 Å². The number of halogens is 4. The molecule has 0 aliphatic rings. The Balaban J connectivity index is 2.79. The van der Waals surface area contributed by atoms with Crippen molar-refractivity contribution in [2.75, 3.05) is 12.4 Å². The first-order chi connectivity index (χ1) is 9.65. The van der Waals surface area contributed by atoms with Gasteiger partial charge in [-0.1, -0.05) is 11.6 Å². The monoisotopic (exact) mass is 323 g/mol. The predicted octanol–water partition coefficient (Wildman–Crippen LogP) is 2.61. The van der Waals surface area contributed by atoms with Gasteiger partial charge >= 0.3 is 12.2 Å². The third kappa shape index (κ3) is 4.82. The summed E-state index contributed by atoms with van der Waals surface area (Å²) in [5.74, 6) is -0.648. The topological polar surface area (TPSA) is 70.2 Å². The fourth-order valence-corrected chi connectivity index (χ4v) is 1.63. The zero-order valence-electron chi connectivity index (χ0n) is 11.1. The smallest absolute Gasteiger partial charge is 0.373 e. The number of alkyl halides is 3. The largest absolute Gasteiger partial charge is 0.416 e. The number of anilines is 1. The summed E-state index contributed by atoms with van der Waals surface area (Å²) >= 11 is 5.74. The van der Waals surface area contributed by atoms with Gasteiger partial charge in [0.25, 0.3) is 0 Å². The molecule has 0 aliphatic heterocycles. The number of imide groups is 1. The molecule has 0 fully saturated rings. The molecule has 0 saturated heterocycles. The van der Waals surface area contributed by atoms with E-state index in [0.29, 0.717) is 0 Å². The van der Waals surface area contributed by atoms with E-state index in [-0.39, 0.29) is 10.7 Å². The summed E-state index contributed by atoms with van der Waals surface area (Å²) in [6.45, 7) is 1.44. The van der Waals surface area contributed by atoms with E-state index in [4.69, 9.17) is 11.6 Å². The molecule has 0 heterocycles. The number of urea groups is 1. The Morgan fingerprint density at radius 1 is 1.29 bits per heavy atom. The number of amides is 3. The lowest BCUT2D eigenvalue weighted by atomic mass is 10.2. The van der Waals surface area contributed by atoms with Gasteiger partial charge in [-0.25, -0.2) is 4.79 Å². The molecule has 0 aromatic heterocycles. The Hall–Kier alpha value is -1.96. The molecular weight excluding hydrogens is 311 g/mol. The maximum atomic E-state index is 12.5. The fourth-order valence-electron chi connectivity index (χ4n) is 1.39. The fraction of sp³-hybridized carbons (Fsp3) is 0.333. The number of rotatable bonds is 3. The first kappa shape index (κ1) is 17.1. The first-order valence-corrected chi connectivity index (χ1v) is 6.18. The van der Waals surface area contributed by atoms with Gasteiger partial charge in [-0.05, 0) is 25.1 Å². The lowest BCUT2D eigenvalue weighted by molar-refractivity contribution is -0.137. The molecule has 21 heavy (non-hydrogen) atoms. The van der Waals surface area contributed by atoms with Gasteiger partial charge in [-0.3, -0.25) is 10.1 Å². The minimum absolute atomic E-state index is 0.157. The van der Waals surface area contributed by atoms with Crippen LogP contribution in [0.15, 0.2) is 18.2 Å². The van der Waals surface area contributed by atoms with Crippen molar-refractivity contribution >= 4 is 29.2 Å². The third-order valence-corrected chi connectivity index (χ3v) is 2.84. The SMILES string of the molecule is CNC(=O)NC(=O)C(C)Nc1ccc(C(F)(F)F)cc1Cl. The molecule has 0 bridgehead atoms. The van der Waals surface area contributed by atoms with E-state index in [0.717, 1.165) is 18.2 Å². The summed E-state index contributed by atoms with van der Waals surface area (Å²) in [6, 6.07) is 1.17. The predicted molar refractivity (Wildman–Crippen MR) is 72.1 cm³/mol. The highest BCUT2D eigenvalue weighted by molar-refractivity contribution is 6.33. The summed E-state index contributed by atoms with van der Waals surface area (Å²) in [5, 5.41) is 6.68. The van der Waals surface area contributed by atoms with Crippen molar-refractivity contribution in [1.82, 2.24) is 10.6 Å². The molecule has 0 spiro atoms. The molecule has 0 saturated carbocycles. The average molecular weight is 324 g/mol. The normalized spacial score (nSPS) is 12.5. The molecule has 1 aromatic carbocycles. The Kier molecular flexibility index (Phi) is 5.42. The maximum absolute atomic E-state index is 12.5. The summed E-state index contributed by atoms with van der Waals surface area (Å²) in [7, 11) is 1.34. The van der Waals surface area contributed by atoms with Gasteiger partial charge in [0.05, 0.1) is 16.3 Å². The van der Waals surface area contributed by atoms with E-state index in [1.54, 1.807) is 0 Å². The lowest BCUT2D eigenvalue weighted by Crippen LogP contribution is -2.44. The van der Waals surface area contributed by atoms with Crippen molar-refractivity contribution in [1.29, 1.82) is 0 Å². The zero-order chi connectivity index (χ0) is 16.2. The maximum Gasteiger partial charge on any atom is 0.416 e. The molecule has 5 nitrogen and oxygen atoms in total. The summed E-state index contributed by atoms with van der Waals surface area (Å²) in [4.78, 5) is 22.6. The number of carbonyl (C=O) groups is 2. The van der Waals surface area contributed by atoms with E-state index >= 15 is 0 Å². The first-order valence-electron chi connectivity index (χ1n) is 5.81. The van der Waals surface area contributed by atoms with Crippen LogP contribution in [0.3, 0.4) is 0 Å². The number of nitrogens with one attached hydrogen (secondary N) is 3. The van der Waals surface area contributed by atoms with Gasteiger partial charge in [0.2, 0.25) is 5.91 Å². The number of carbonyl (C=O) groups excluding carboxylic acids is 2. The van der Waals surface area contributed by atoms with Crippen LogP contribution in [0.25, 0.3) is 0 Å². The van der Waals surface area contributed by atoms with Gasteiger partial charge in [0.1, 0.15) is 6.04 Å². The van der Waals surface area contributed by atoms with Crippen molar-refractivity contribution in [2.45, 2.75) is 19.1 Å². The molecule has 1 unspecified atom stereocenters. The van der Waals surface area contributed by atoms with Crippen LogP contribution in [0.4, 0.5) is 23.7 Å². The molecule has 0 aliphatic carbocycles. The molecular formula is C12H13ClF3N3O2. The molecule has 9 heteroatoms. The van der Waals surface area contributed by atoms with Gasteiger partial charge in [-0.15, -0.1) is 0 Å². The van der Waals surface area contributed by atoms with E-state index < -0.39 is 29.7 Å². The van der Waals surface area contributed by atoms with Crippen molar-refractivity contribution < 1.29 is 22.8 Å². The Morgan fingerprint density at radius 2 is 1.90 bits per heavy atom. The van der Waals surface area contributed by atoms with Gasteiger partial charge in [0, 0.05) is 7.05 Å². The van der Waals surface area contributed by atoms with Crippen LogP contribution in [0.5, 0.6) is 0 Å². The van der Waals surface area contributed by atoms with Gasteiger partial charge in [0.15, 0.2) is 0 Å². The second kappa shape index (κ2) is 6.66. The molecule has 3 N–H and O–H groups in total. The standard InChI is InChI=1S/C12H13ClF3N3O2/c1-6(10(20)19-11(21)17-2)18-9-4-3-7(5-8(9)13)12(14,15)16/h3-6,18H,1-2H3,(H2,17,19,20,21). The molecule has 1 atom stereocenters. The Morgan fingerprint density at radius 3 is 2.38 bits per heavy atom. The molecule has 0 radical (unpaired) electrons. The minimum Gasteiger partial charge on any atom is -0.373 e. The Labute approximate surface area is 123 Å². The van der Waals surface area contributed by atoms with Crippen LogP contribution >= 0.6 is 11.6 Å². The summed E-state index contributed by atoms with van der Waals surface area (Å²) in [6.07, 6.45) is -4.50. The van der Waals surface area contributed by atoms with Gasteiger partial charge < -0.3 is 10.6 Å². The van der Waals surface area contributed by atoms with E-state index in [1.807, 2.05) is 5.32 Å². The number of hydrogen-bond donors (Lipinski definition) is 3. The van der Waals surface area contributed by atoms with Crippen LogP contribution in [-0.4, -0.2) is 25.0 Å². The van der Waals surface area contributed by atoms with Crippen molar-refractivity contribution in [2.24, 2.45) is 0 Å². The average Bonchev–Trinajstić information content (AvgIpc) is 2.39. The second-order valence-electron chi connectivity index (χ2n) is 4.13. The van der Waals surface area contributed by atoms with Crippen LogP contribution < -0.4 is 16.0 Å². The highest BCUT2D eigenvalue weighted by Gasteiger charge is 2.31. The van der Waals surface area contributed by atoms with E-state index in [2.05, 4.69) is 10.6 Å². The number of hydrogen-bond acceptors (Lipinski definition) is 3. The quantitative estimate of drug-likeness (QED) is 0.801. The highest BCUT2D eigenvalue weighted by Crippen LogP contribution is 2.33. The Bertz CT molecular complexity index is 549. The summed E-state index contributed by atoms with van der Waals surface area (Å²) in [5.41, 5.74) is -0.732. The molecule has 3 amide bonds. The van der Waals surface area contributed by atoms with Crippen molar-refractivity contribution in [3.8, 4) is 0 Å². The molecule has 116 valence electrons. The van der Waals surface area contributed by atoms with Crippen LogP contribution in [0.1, 0.15) is 12.5 Å². The summed E-state index contributed by atoms with van der Waals surface area (Å²) < 4.78 is 37.5. The van der Waals surface area contributed by atoms with Gasteiger partial charge in [-0.2, -0.15) is 13.2 Å². The second-order valence-corrected chi connectivity index (χ2v) is 4.53. The highest BCUT2D eigenvalue weighted by atomic mass is 35.5.